The zero-order chi connectivity index (χ0) is 18.5. The van der Waals surface area contributed by atoms with Gasteiger partial charge in [0.05, 0.1) is 17.4 Å². The highest BCUT2D eigenvalue weighted by atomic mass is 16.5. The highest BCUT2D eigenvalue weighted by Gasteiger charge is 2.16. The molecule has 1 aliphatic heterocycles. The van der Waals surface area contributed by atoms with Gasteiger partial charge in [-0.05, 0) is 44.0 Å². The molecular weight excluding hydrogens is 336 g/mol. The first-order valence-electron chi connectivity index (χ1n) is 8.39. The predicted octanol–water partition coefficient (Wildman–Crippen LogP) is 2.90. The first-order valence-corrected chi connectivity index (χ1v) is 8.39. The molecule has 1 aliphatic rings. The van der Waals surface area contributed by atoms with Crippen LogP contribution in [0.5, 0.6) is 5.75 Å². The molecule has 2 N–H and O–H groups in total. The Morgan fingerprint density at radius 3 is 2.88 bits per heavy atom. The van der Waals surface area contributed by atoms with Gasteiger partial charge in [-0.1, -0.05) is 6.07 Å². The van der Waals surface area contributed by atoms with Gasteiger partial charge in [0, 0.05) is 18.4 Å². The molecule has 0 spiro atoms. The summed E-state index contributed by atoms with van der Waals surface area (Å²) in [5.41, 5.74) is 1.09. The minimum atomic E-state index is -1.07. The molecule has 0 bridgehead atoms. The summed E-state index contributed by atoms with van der Waals surface area (Å²) < 4.78 is 11.2. The summed E-state index contributed by atoms with van der Waals surface area (Å²) in [7, 11) is 0. The zero-order valence-corrected chi connectivity index (χ0v) is 14.4. The third kappa shape index (κ3) is 4.37. The van der Waals surface area contributed by atoms with E-state index in [2.05, 4.69) is 10.3 Å². The third-order valence-electron chi connectivity index (χ3n) is 4.10. The van der Waals surface area contributed by atoms with Crippen molar-refractivity contribution in [1.29, 1.82) is 0 Å². The van der Waals surface area contributed by atoms with Crippen molar-refractivity contribution in [3.63, 3.8) is 0 Å². The standard InChI is InChI=1S/C19H20N2O5/c1-12-16(19(23)24)7-8-17(20-12)18(22)21-13-4-2-5-14(10-13)26-11-15-6-3-9-25-15/h2,4-5,7-8,10,15H,3,6,9,11H2,1H3,(H,21,22)(H,23,24). The molecule has 26 heavy (non-hydrogen) atoms. The minimum absolute atomic E-state index is 0.0751. The number of nitrogens with zero attached hydrogens (tertiary/aromatic N) is 1. The van der Waals surface area contributed by atoms with Gasteiger partial charge in [0.25, 0.3) is 5.91 Å². The van der Waals surface area contributed by atoms with E-state index in [1.807, 2.05) is 6.07 Å². The van der Waals surface area contributed by atoms with Gasteiger partial charge in [0.2, 0.25) is 0 Å². The Hall–Kier alpha value is -2.93. The van der Waals surface area contributed by atoms with E-state index < -0.39 is 11.9 Å². The third-order valence-corrected chi connectivity index (χ3v) is 4.10. The largest absolute Gasteiger partial charge is 0.491 e. The van der Waals surface area contributed by atoms with E-state index in [1.165, 1.54) is 12.1 Å². The topological polar surface area (TPSA) is 97.8 Å². The number of ether oxygens (including phenoxy) is 2. The van der Waals surface area contributed by atoms with E-state index in [0.717, 1.165) is 19.4 Å². The fourth-order valence-electron chi connectivity index (χ4n) is 2.74. The van der Waals surface area contributed by atoms with E-state index in [1.54, 1.807) is 25.1 Å². The molecule has 1 amide bonds. The zero-order valence-electron chi connectivity index (χ0n) is 14.4. The molecule has 0 aliphatic carbocycles. The summed E-state index contributed by atoms with van der Waals surface area (Å²) in [6.07, 6.45) is 2.17. The van der Waals surface area contributed by atoms with Crippen LogP contribution in [0, 0.1) is 6.92 Å². The second-order valence-electron chi connectivity index (χ2n) is 6.06. The van der Waals surface area contributed by atoms with Crippen molar-refractivity contribution in [1.82, 2.24) is 4.98 Å². The molecule has 1 aromatic heterocycles. The van der Waals surface area contributed by atoms with Crippen molar-refractivity contribution in [3.05, 3.63) is 53.3 Å². The SMILES string of the molecule is Cc1nc(C(=O)Nc2cccc(OCC3CCCO3)c2)ccc1C(=O)O. The second-order valence-corrected chi connectivity index (χ2v) is 6.06. The fourth-order valence-corrected chi connectivity index (χ4v) is 2.74. The van der Waals surface area contributed by atoms with E-state index >= 15 is 0 Å². The van der Waals surface area contributed by atoms with Crippen molar-refractivity contribution in [3.8, 4) is 5.75 Å². The smallest absolute Gasteiger partial charge is 0.337 e. The number of carboxylic acid groups (broad SMARTS) is 1. The van der Waals surface area contributed by atoms with E-state index in [9.17, 15) is 9.59 Å². The number of aryl methyl sites for hydroxylation is 1. The number of hydrogen-bond donors (Lipinski definition) is 2. The van der Waals surface area contributed by atoms with Crippen LogP contribution in [-0.2, 0) is 4.74 Å². The van der Waals surface area contributed by atoms with Crippen LogP contribution >= 0.6 is 0 Å². The van der Waals surface area contributed by atoms with Crippen molar-refractivity contribution in [2.45, 2.75) is 25.9 Å². The van der Waals surface area contributed by atoms with Crippen LogP contribution in [0.2, 0.25) is 0 Å². The number of benzene rings is 1. The summed E-state index contributed by atoms with van der Waals surface area (Å²) in [5.74, 6) is -0.844. The van der Waals surface area contributed by atoms with Gasteiger partial charge in [0.15, 0.2) is 0 Å². The monoisotopic (exact) mass is 356 g/mol. The first kappa shape index (κ1) is 17.9. The maximum atomic E-state index is 12.3. The number of aromatic carboxylic acids is 1. The van der Waals surface area contributed by atoms with Gasteiger partial charge in [-0.3, -0.25) is 4.79 Å². The number of carbonyl (C=O) groups is 2. The van der Waals surface area contributed by atoms with Crippen LogP contribution in [0.1, 0.15) is 39.4 Å². The van der Waals surface area contributed by atoms with Gasteiger partial charge >= 0.3 is 5.97 Å². The molecule has 0 saturated carbocycles. The van der Waals surface area contributed by atoms with Gasteiger partial charge in [-0.15, -0.1) is 0 Å². The van der Waals surface area contributed by atoms with Crippen molar-refractivity contribution in [2.75, 3.05) is 18.5 Å². The molecule has 7 nitrogen and oxygen atoms in total. The summed E-state index contributed by atoms with van der Waals surface area (Å²) in [4.78, 5) is 27.4. The lowest BCUT2D eigenvalue weighted by Crippen LogP contribution is -2.17. The van der Waals surface area contributed by atoms with Crippen molar-refractivity contribution in [2.24, 2.45) is 0 Å². The Morgan fingerprint density at radius 2 is 2.19 bits per heavy atom. The van der Waals surface area contributed by atoms with Crippen molar-refractivity contribution < 1.29 is 24.2 Å². The molecule has 0 radical (unpaired) electrons. The highest BCUT2D eigenvalue weighted by Crippen LogP contribution is 2.20. The molecule has 1 atom stereocenters. The number of carbonyl (C=O) groups excluding carboxylic acids is 1. The number of carboxylic acids is 1. The predicted molar refractivity (Wildman–Crippen MR) is 94.8 cm³/mol. The van der Waals surface area contributed by atoms with Gasteiger partial charge in [0.1, 0.15) is 18.1 Å². The molecule has 136 valence electrons. The average Bonchev–Trinajstić information content (AvgIpc) is 3.13. The summed E-state index contributed by atoms with van der Waals surface area (Å²) in [6, 6.07) is 9.84. The van der Waals surface area contributed by atoms with Gasteiger partial charge in [-0.2, -0.15) is 0 Å². The minimum Gasteiger partial charge on any atom is -0.491 e. The maximum Gasteiger partial charge on any atom is 0.337 e. The lowest BCUT2D eigenvalue weighted by molar-refractivity contribution is 0.0679. The maximum absolute atomic E-state index is 12.3. The highest BCUT2D eigenvalue weighted by molar-refractivity contribution is 6.03. The molecule has 2 heterocycles. The van der Waals surface area contributed by atoms with Crippen LogP contribution in [0.15, 0.2) is 36.4 Å². The molecule has 2 aromatic rings. The quantitative estimate of drug-likeness (QED) is 0.826. The fraction of sp³-hybridized carbons (Fsp3) is 0.316. The Bertz CT molecular complexity index is 815. The Labute approximate surface area is 151 Å². The molecule has 1 saturated heterocycles. The number of aromatic nitrogens is 1. The Morgan fingerprint density at radius 1 is 1.35 bits per heavy atom. The first-order chi connectivity index (χ1) is 12.5. The lowest BCUT2D eigenvalue weighted by atomic mass is 10.2. The van der Waals surface area contributed by atoms with E-state index in [-0.39, 0.29) is 17.4 Å². The number of rotatable bonds is 6. The van der Waals surface area contributed by atoms with Gasteiger partial charge in [-0.25, -0.2) is 9.78 Å². The number of amides is 1. The van der Waals surface area contributed by atoms with E-state index in [0.29, 0.717) is 23.7 Å². The number of anilines is 1. The molecule has 1 aromatic carbocycles. The molecule has 7 heteroatoms. The normalized spacial score (nSPS) is 16.3. The molecule has 1 unspecified atom stereocenters. The average molecular weight is 356 g/mol. The van der Waals surface area contributed by atoms with Crippen LogP contribution in [0.25, 0.3) is 0 Å². The van der Waals surface area contributed by atoms with E-state index in [4.69, 9.17) is 14.6 Å². The summed E-state index contributed by atoms with van der Waals surface area (Å²) in [5, 5.41) is 11.8. The number of hydrogen-bond acceptors (Lipinski definition) is 5. The number of nitrogens with one attached hydrogen (secondary N) is 1. The second kappa shape index (κ2) is 7.97. The summed E-state index contributed by atoms with van der Waals surface area (Å²) in [6.45, 7) is 2.81. The molecular formula is C19H20N2O5. The van der Waals surface area contributed by atoms with Crippen LogP contribution < -0.4 is 10.1 Å². The summed E-state index contributed by atoms with van der Waals surface area (Å²) >= 11 is 0. The van der Waals surface area contributed by atoms with Crippen LogP contribution in [0.4, 0.5) is 5.69 Å². The van der Waals surface area contributed by atoms with Crippen LogP contribution in [-0.4, -0.2) is 41.3 Å². The molecule has 3 rings (SSSR count). The number of pyridine rings is 1. The molecule has 1 fully saturated rings. The lowest BCUT2D eigenvalue weighted by Gasteiger charge is -2.12. The Kier molecular flexibility index (Phi) is 5.48. The van der Waals surface area contributed by atoms with Crippen LogP contribution in [0.3, 0.4) is 0 Å². The van der Waals surface area contributed by atoms with Gasteiger partial charge < -0.3 is 19.9 Å². The van der Waals surface area contributed by atoms with Crippen molar-refractivity contribution >= 4 is 17.6 Å². The Balaban J connectivity index is 1.64.